The van der Waals surface area contributed by atoms with Crippen molar-refractivity contribution in [2.75, 3.05) is 0 Å². The number of nitrogens with zero attached hydrogens (tertiary/aromatic N) is 1. The quantitative estimate of drug-likeness (QED) is 0.747. The number of fused-ring (bicyclic) bond motifs is 1. The van der Waals surface area contributed by atoms with Crippen LogP contribution in [0.1, 0.15) is 17.5 Å². The summed E-state index contributed by atoms with van der Waals surface area (Å²) in [5.41, 5.74) is 4.08. The van der Waals surface area contributed by atoms with Crippen LogP contribution in [0.4, 0.5) is 0 Å². The third-order valence-electron chi connectivity index (χ3n) is 3.34. The SMILES string of the molecule is S=C1[N]C(C2CCc3ccccc3C2)=CN1. The Balaban J connectivity index is 1.80. The average Bonchev–Trinajstić information content (AvgIpc) is 2.75. The summed E-state index contributed by atoms with van der Waals surface area (Å²) in [4.78, 5) is 0. The highest BCUT2D eigenvalue weighted by Gasteiger charge is 2.25. The highest BCUT2D eigenvalue weighted by atomic mass is 32.1. The molecule has 1 aliphatic heterocycles. The molecule has 2 aliphatic rings. The van der Waals surface area contributed by atoms with Crippen LogP contribution in [0.2, 0.25) is 0 Å². The molecule has 0 amide bonds. The Hall–Kier alpha value is -1.35. The molecule has 0 saturated heterocycles. The van der Waals surface area contributed by atoms with Crippen LogP contribution in [0.3, 0.4) is 0 Å². The third kappa shape index (κ3) is 1.71. The third-order valence-corrected chi connectivity index (χ3v) is 3.55. The van der Waals surface area contributed by atoms with E-state index in [4.69, 9.17) is 12.2 Å². The van der Waals surface area contributed by atoms with Crippen molar-refractivity contribution >= 4 is 17.3 Å². The monoisotopic (exact) mass is 229 g/mol. The molecular weight excluding hydrogens is 216 g/mol. The maximum Gasteiger partial charge on any atom is 0.197 e. The number of hydrogen-bond acceptors (Lipinski definition) is 1. The molecule has 0 aromatic heterocycles. The Labute approximate surface area is 101 Å². The number of thiocarbonyl (C=S) groups is 1. The van der Waals surface area contributed by atoms with Gasteiger partial charge in [0.15, 0.2) is 5.11 Å². The van der Waals surface area contributed by atoms with E-state index in [-0.39, 0.29) is 0 Å². The highest BCUT2D eigenvalue weighted by molar-refractivity contribution is 7.80. The van der Waals surface area contributed by atoms with E-state index >= 15 is 0 Å². The zero-order chi connectivity index (χ0) is 11.0. The Kier molecular flexibility index (Phi) is 2.40. The first-order valence-electron chi connectivity index (χ1n) is 5.62. The van der Waals surface area contributed by atoms with Gasteiger partial charge in [0.25, 0.3) is 0 Å². The Bertz CT molecular complexity index is 465. The average molecular weight is 229 g/mol. The minimum absolute atomic E-state index is 0.530. The second-order valence-electron chi connectivity index (χ2n) is 4.34. The molecule has 0 saturated carbocycles. The molecule has 1 unspecified atom stereocenters. The van der Waals surface area contributed by atoms with Gasteiger partial charge >= 0.3 is 0 Å². The Morgan fingerprint density at radius 1 is 1.25 bits per heavy atom. The highest BCUT2D eigenvalue weighted by Crippen LogP contribution is 2.30. The van der Waals surface area contributed by atoms with Gasteiger partial charge in [-0.15, -0.1) is 0 Å². The van der Waals surface area contributed by atoms with Crippen molar-refractivity contribution in [3.05, 3.63) is 47.3 Å². The van der Waals surface area contributed by atoms with E-state index < -0.39 is 0 Å². The van der Waals surface area contributed by atoms with E-state index in [0.717, 1.165) is 18.5 Å². The zero-order valence-electron chi connectivity index (χ0n) is 8.94. The van der Waals surface area contributed by atoms with E-state index in [2.05, 4.69) is 34.9 Å². The first-order chi connectivity index (χ1) is 7.83. The van der Waals surface area contributed by atoms with Gasteiger partial charge in [-0.3, -0.25) is 0 Å². The fraction of sp³-hybridized carbons (Fsp3) is 0.308. The molecule has 1 N–H and O–H groups in total. The largest absolute Gasteiger partial charge is 0.336 e. The van der Waals surface area contributed by atoms with Gasteiger partial charge in [0.1, 0.15) is 0 Å². The number of aryl methyl sites for hydroxylation is 1. The summed E-state index contributed by atoms with van der Waals surface area (Å²) in [5, 5.41) is 7.97. The molecule has 1 heterocycles. The van der Waals surface area contributed by atoms with Gasteiger partial charge in [-0.25, -0.2) is 5.32 Å². The van der Waals surface area contributed by atoms with Crippen molar-refractivity contribution in [2.24, 2.45) is 5.92 Å². The smallest absolute Gasteiger partial charge is 0.197 e. The maximum atomic E-state index is 5.01. The number of rotatable bonds is 1. The van der Waals surface area contributed by atoms with Gasteiger partial charge in [-0.05, 0) is 42.6 Å². The summed E-state index contributed by atoms with van der Waals surface area (Å²) in [6.07, 6.45) is 5.38. The van der Waals surface area contributed by atoms with Crippen molar-refractivity contribution in [3.8, 4) is 0 Å². The minimum Gasteiger partial charge on any atom is -0.336 e. The minimum atomic E-state index is 0.530. The fourth-order valence-corrected chi connectivity index (χ4v) is 2.64. The summed E-state index contributed by atoms with van der Waals surface area (Å²) in [5.74, 6) is 0.530. The molecule has 1 aliphatic carbocycles. The fourth-order valence-electron chi connectivity index (χ4n) is 2.48. The normalized spacial score (nSPS) is 23.1. The molecule has 2 nitrogen and oxygen atoms in total. The van der Waals surface area contributed by atoms with E-state index in [0.29, 0.717) is 11.0 Å². The second-order valence-corrected chi connectivity index (χ2v) is 4.73. The molecular formula is C13H13N2S. The van der Waals surface area contributed by atoms with E-state index in [9.17, 15) is 0 Å². The number of nitrogens with one attached hydrogen (secondary N) is 1. The van der Waals surface area contributed by atoms with Crippen molar-refractivity contribution in [1.82, 2.24) is 10.6 Å². The molecule has 1 atom stereocenters. The van der Waals surface area contributed by atoms with Gasteiger partial charge in [0.05, 0.1) is 5.70 Å². The first-order valence-corrected chi connectivity index (χ1v) is 6.03. The van der Waals surface area contributed by atoms with Crippen LogP contribution in [0.5, 0.6) is 0 Å². The molecule has 1 aromatic rings. The summed E-state index contributed by atoms with van der Waals surface area (Å²) in [6, 6.07) is 8.69. The van der Waals surface area contributed by atoms with Crippen LogP contribution in [-0.4, -0.2) is 5.11 Å². The van der Waals surface area contributed by atoms with Crippen LogP contribution >= 0.6 is 12.2 Å². The van der Waals surface area contributed by atoms with Gasteiger partial charge in [-0.2, -0.15) is 0 Å². The lowest BCUT2D eigenvalue weighted by molar-refractivity contribution is 0.511. The van der Waals surface area contributed by atoms with E-state index in [1.54, 1.807) is 0 Å². The van der Waals surface area contributed by atoms with Crippen molar-refractivity contribution < 1.29 is 0 Å². The van der Waals surface area contributed by atoms with Crippen molar-refractivity contribution in [2.45, 2.75) is 19.3 Å². The summed E-state index contributed by atoms with van der Waals surface area (Å²) in [7, 11) is 0. The van der Waals surface area contributed by atoms with Crippen LogP contribution in [0.15, 0.2) is 36.2 Å². The van der Waals surface area contributed by atoms with E-state index in [1.165, 1.54) is 17.5 Å². The lowest BCUT2D eigenvalue weighted by Crippen LogP contribution is -2.22. The molecule has 1 radical (unpaired) electrons. The van der Waals surface area contributed by atoms with Crippen LogP contribution < -0.4 is 10.6 Å². The zero-order valence-corrected chi connectivity index (χ0v) is 9.76. The van der Waals surface area contributed by atoms with Gasteiger partial charge in [0.2, 0.25) is 0 Å². The Morgan fingerprint density at radius 3 is 2.81 bits per heavy atom. The topological polar surface area (TPSA) is 26.1 Å². The molecule has 0 bridgehead atoms. The lowest BCUT2D eigenvalue weighted by atomic mass is 9.82. The number of hydrogen-bond donors (Lipinski definition) is 1. The molecule has 0 spiro atoms. The van der Waals surface area contributed by atoms with Crippen molar-refractivity contribution in [3.63, 3.8) is 0 Å². The van der Waals surface area contributed by atoms with Crippen LogP contribution in [-0.2, 0) is 12.8 Å². The maximum absolute atomic E-state index is 5.01. The molecule has 0 fully saturated rings. The van der Waals surface area contributed by atoms with E-state index in [1.807, 2.05) is 6.20 Å². The molecule has 16 heavy (non-hydrogen) atoms. The first kappa shape index (κ1) is 9.85. The molecule has 1 aromatic carbocycles. The van der Waals surface area contributed by atoms with Crippen LogP contribution in [0.25, 0.3) is 0 Å². The predicted molar refractivity (Wildman–Crippen MR) is 67.9 cm³/mol. The van der Waals surface area contributed by atoms with Gasteiger partial charge in [-0.1, -0.05) is 24.3 Å². The summed E-state index contributed by atoms with van der Waals surface area (Å²) >= 11 is 5.01. The summed E-state index contributed by atoms with van der Waals surface area (Å²) < 4.78 is 0. The van der Waals surface area contributed by atoms with Crippen molar-refractivity contribution in [1.29, 1.82) is 0 Å². The molecule has 3 heteroatoms. The van der Waals surface area contributed by atoms with Crippen LogP contribution in [0, 0.1) is 5.92 Å². The van der Waals surface area contributed by atoms with Gasteiger partial charge in [0, 0.05) is 12.1 Å². The Morgan fingerprint density at radius 2 is 2.06 bits per heavy atom. The summed E-state index contributed by atoms with van der Waals surface area (Å²) in [6.45, 7) is 0. The number of benzene rings is 1. The molecule has 81 valence electrons. The predicted octanol–water partition coefficient (Wildman–Crippen LogP) is 2.13. The molecule has 3 rings (SSSR count). The van der Waals surface area contributed by atoms with Gasteiger partial charge < -0.3 is 5.32 Å². The standard InChI is InChI=1S/C13H13N2S/c16-13-14-8-12(15-13)11-6-5-9-3-1-2-4-10(9)7-11/h1-4,8,11H,5-7H2,(H,14,16). The second kappa shape index (κ2) is 3.91. The number of allylic oxidation sites excluding steroid dienone is 1. The lowest BCUT2D eigenvalue weighted by Gasteiger charge is -2.24.